The first-order chi connectivity index (χ1) is 14.2. The number of carbonyl (C=O) groups is 1. The van der Waals surface area contributed by atoms with Gasteiger partial charge in [-0.25, -0.2) is 0 Å². The molecule has 5 rings (SSSR count). The Balaban J connectivity index is 0.000000181. The molecule has 3 nitrogen and oxygen atoms in total. The highest BCUT2D eigenvalue weighted by Gasteiger charge is 2.13. The first-order valence-electron chi connectivity index (χ1n) is 10.2. The zero-order valence-corrected chi connectivity index (χ0v) is 17.2. The third-order valence-electron chi connectivity index (χ3n) is 5.03. The minimum atomic E-state index is -0.211. The van der Waals surface area contributed by atoms with Gasteiger partial charge in [0, 0.05) is 6.92 Å². The van der Waals surface area contributed by atoms with Crippen molar-refractivity contribution in [1.29, 1.82) is 0 Å². The van der Waals surface area contributed by atoms with E-state index in [9.17, 15) is 4.79 Å². The highest BCUT2D eigenvalue weighted by atomic mass is 16.5. The number of fused-ring (bicyclic) bond motifs is 5. The van der Waals surface area contributed by atoms with E-state index in [2.05, 4.69) is 57.7 Å². The summed E-state index contributed by atoms with van der Waals surface area (Å²) in [5, 5.41) is 5.64. The standard InChI is InChI=1S/C18H16.C4H8O2.C4H4O/c1-3-7-15-13(5-1)9-11-18-16-8-4-2-6-14(16)10-12-17(15)18;1-3-6-4(2)5;1-2-4-5-3-1/h1,3,5,7,9-12H,2,4,6,8H2;3H2,1-2H3;1-4H. The van der Waals surface area contributed by atoms with Gasteiger partial charge in [-0.05, 0) is 77.4 Å². The Bertz CT molecular complexity index is 1030. The highest BCUT2D eigenvalue weighted by Crippen LogP contribution is 2.33. The van der Waals surface area contributed by atoms with Gasteiger partial charge in [0.15, 0.2) is 0 Å². The molecule has 1 aliphatic rings. The highest BCUT2D eigenvalue weighted by molar-refractivity contribution is 6.08. The van der Waals surface area contributed by atoms with Gasteiger partial charge < -0.3 is 9.15 Å². The molecule has 4 aromatic rings. The normalized spacial score (nSPS) is 12.2. The van der Waals surface area contributed by atoms with Crippen LogP contribution in [0.1, 0.15) is 37.8 Å². The van der Waals surface area contributed by atoms with Gasteiger partial charge in [0.2, 0.25) is 0 Å². The summed E-state index contributed by atoms with van der Waals surface area (Å²) >= 11 is 0. The molecule has 0 amide bonds. The SMILES string of the molecule is CCOC(C)=O.c1ccc2c(c1)ccc1c3c(ccc12)CCCC3.c1ccoc1. The van der Waals surface area contributed by atoms with Crippen LogP contribution in [0.25, 0.3) is 21.5 Å². The van der Waals surface area contributed by atoms with Crippen molar-refractivity contribution in [2.45, 2.75) is 39.5 Å². The van der Waals surface area contributed by atoms with Gasteiger partial charge in [-0.2, -0.15) is 0 Å². The molecule has 1 aromatic heterocycles. The van der Waals surface area contributed by atoms with Crippen LogP contribution in [-0.2, 0) is 22.4 Å². The van der Waals surface area contributed by atoms with E-state index in [1.165, 1.54) is 54.2 Å². The second-order valence-electron chi connectivity index (χ2n) is 7.01. The molecule has 0 unspecified atom stereocenters. The Hall–Kier alpha value is -3.07. The lowest BCUT2D eigenvalue weighted by Crippen LogP contribution is -2.02. The predicted octanol–water partition coefficient (Wildman–Crippen LogP) is 6.72. The predicted molar refractivity (Wildman–Crippen MR) is 119 cm³/mol. The summed E-state index contributed by atoms with van der Waals surface area (Å²) < 4.78 is 8.99. The summed E-state index contributed by atoms with van der Waals surface area (Å²) in [5.41, 5.74) is 3.17. The minimum absolute atomic E-state index is 0.211. The van der Waals surface area contributed by atoms with E-state index in [-0.39, 0.29) is 5.97 Å². The number of carbonyl (C=O) groups excluding carboxylic acids is 1. The van der Waals surface area contributed by atoms with Crippen molar-refractivity contribution in [1.82, 2.24) is 0 Å². The summed E-state index contributed by atoms with van der Waals surface area (Å²) in [7, 11) is 0. The maximum Gasteiger partial charge on any atom is 0.302 e. The maximum absolute atomic E-state index is 9.82. The number of hydrogen-bond acceptors (Lipinski definition) is 3. The molecular formula is C26H28O3. The molecule has 3 aromatic carbocycles. The first kappa shape index (κ1) is 20.7. The third-order valence-corrected chi connectivity index (χ3v) is 5.03. The Morgan fingerprint density at radius 3 is 2.24 bits per heavy atom. The van der Waals surface area contributed by atoms with Crippen molar-refractivity contribution in [3.05, 3.63) is 84.3 Å². The van der Waals surface area contributed by atoms with E-state index in [0.717, 1.165) is 0 Å². The van der Waals surface area contributed by atoms with Crippen LogP contribution in [0.4, 0.5) is 0 Å². The van der Waals surface area contributed by atoms with Gasteiger partial charge >= 0.3 is 5.97 Å². The topological polar surface area (TPSA) is 39.4 Å². The molecule has 1 aliphatic carbocycles. The van der Waals surface area contributed by atoms with Crippen LogP contribution >= 0.6 is 0 Å². The molecule has 0 saturated carbocycles. The quantitative estimate of drug-likeness (QED) is 0.268. The molecule has 150 valence electrons. The van der Waals surface area contributed by atoms with Crippen LogP contribution in [0, 0.1) is 0 Å². The molecule has 0 atom stereocenters. The second kappa shape index (κ2) is 10.5. The van der Waals surface area contributed by atoms with E-state index in [0.29, 0.717) is 6.61 Å². The number of ether oxygens (including phenoxy) is 1. The van der Waals surface area contributed by atoms with Crippen LogP contribution in [0.3, 0.4) is 0 Å². The fourth-order valence-corrected chi connectivity index (χ4v) is 3.77. The molecular weight excluding hydrogens is 360 g/mol. The van der Waals surface area contributed by atoms with Crippen molar-refractivity contribution in [2.75, 3.05) is 6.61 Å². The maximum atomic E-state index is 9.82. The van der Waals surface area contributed by atoms with Gasteiger partial charge in [-0.3, -0.25) is 4.79 Å². The first-order valence-corrected chi connectivity index (χ1v) is 10.2. The van der Waals surface area contributed by atoms with Crippen molar-refractivity contribution in [3.8, 4) is 0 Å². The number of rotatable bonds is 1. The largest absolute Gasteiger partial charge is 0.473 e. The minimum Gasteiger partial charge on any atom is -0.473 e. The molecule has 0 spiro atoms. The van der Waals surface area contributed by atoms with Crippen LogP contribution in [0.2, 0.25) is 0 Å². The summed E-state index contributed by atoms with van der Waals surface area (Å²) in [5.74, 6) is -0.211. The Morgan fingerprint density at radius 1 is 0.862 bits per heavy atom. The molecule has 29 heavy (non-hydrogen) atoms. The van der Waals surface area contributed by atoms with Gasteiger partial charge in [-0.1, -0.05) is 48.5 Å². The summed E-state index contributed by atoms with van der Waals surface area (Å²) in [6.07, 6.45) is 8.47. The smallest absolute Gasteiger partial charge is 0.302 e. The third kappa shape index (κ3) is 5.47. The van der Waals surface area contributed by atoms with E-state index in [4.69, 9.17) is 0 Å². The van der Waals surface area contributed by atoms with Gasteiger partial charge in [0.1, 0.15) is 0 Å². The summed E-state index contributed by atoms with van der Waals surface area (Å²) in [6, 6.07) is 21.6. The summed E-state index contributed by atoms with van der Waals surface area (Å²) in [4.78, 5) is 9.82. The van der Waals surface area contributed by atoms with E-state index >= 15 is 0 Å². The fourth-order valence-electron chi connectivity index (χ4n) is 3.77. The molecule has 0 radical (unpaired) electrons. The van der Waals surface area contributed by atoms with E-state index in [1.54, 1.807) is 30.6 Å². The molecule has 0 aliphatic heterocycles. The van der Waals surface area contributed by atoms with Gasteiger partial charge in [0.25, 0.3) is 0 Å². The lowest BCUT2D eigenvalue weighted by atomic mass is 9.86. The van der Waals surface area contributed by atoms with Crippen molar-refractivity contribution in [2.24, 2.45) is 0 Å². The number of benzene rings is 3. The van der Waals surface area contributed by atoms with Crippen LogP contribution in [0.15, 0.2) is 77.6 Å². The molecule has 0 N–H and O–H groups in total. The molecule has 3 heteroatoms. The molecule has 0 fully saturated rings. The lowest BCUT2D eigenvalue weighted by molar-refractivity contribution is -0.140. The van der Waals surface area contributed by atoms with Gasteiger partial charge in [0.05, 0.1) is 19.1 Å². The van der Waals surface area contributed by atoms with Crippen molar-refractivity contribution in [3.63, 3.8) is 0 Å². The van der Waals surface area contributed by atoms with Crippen LogP contribution in [0.5, 0.6) is 0 Å². The molecule has 1 heterocycles. The zero-order chi connectivity index (χ0) is 20.5. The number of esters is 1. The Labute approximate surface area is 172 Å². The zero-order valence-electron chi connectivity index (χ0n) is 17.2. The summed E-state index contributed by atoms with van der Waals surface area (Å²) in [6.45, 7) is 3.65. The molecule has 0 bridgehead atoms. The van der Waals surface area contributed by atoms with E-state index in [1.807, 2.05) is 12.1 Å². The number of furan rings is 1. The second-order valence-corrected chi connectivity index (χ2v) is 7.01. The van der Waals surface area contributed by atoms with Crippen LogP contribution < -0.4 is 0 Å². The Kier molecular flexibility index (Phi) is 7.46. The molecule has 0 saturated heterocycles. The Morgan fingerprint density at radius 2 is 1.59 bits per heavy atom. The fraction of sp³-hybridized carbons (Fsp3) is 0.269. The lowest BCUT2D eigenvalue weighted by Gasteiger charge is -2.18. The van der Waals surface area contributed by atoms with Crippen LogP contribution in [-0.4, -0.2) is 12.6 Å². The van der Waals surface area contributed by atoms with Crippen molar-refractivity contribution < 1.29 is 13.9 Å². The number of hydrogen-bond donors (Lipinski definition) is 0. The van der Waals surface area contributed by atoms with Gasteiger partial charge in [-0.15, -0.1) is 0 Å². The van der Waals surface area contributed by atoms with Crippen molar-refractivity contribution >= 4 is 27.5 Å². The monoisotopic (exact) mass is 388 g/mol. The number of aryl methyl sites for hydroxylation is 2. The average Bonchev–Trinajstić information content (AvgIpc) is 3.34. The average molecular weight is 389 g/mol. The van der Waals surface area contributed by atoms with E-state index < -0.39 is 0 Å².